The van der Waals surface area contributed by atoms with Crippen molar-refractivity contribution in [2.24, 2.45) is 5.92 Å². The van der Waals surface area contributed by atoms with Gasteiger partial charge >= 0.3 is 0 Å². The van der Waals surface area contributed by atoms with Gasteiger partial charge in [-0.3, -0.25) is 14.6 Å². The van der Waals surface area contributed by atoms with Crippen LogP contribution in [0, 0.1) is 5.92 Å². The van der Waals surface area contributed by atoms with Gasteiger partial charge in [0.05, 0.1) is 0 Å². The van der Waals surface area contributed by atoms with Crippen LogP contribution in [0.1, 0.15) is 46.2 Å². The Balaban J connectivity index is 1.57. The zero-order valence-corrected chi connectivity index (χ0v) is 15.1. The van der Waals surface area contributed by atoms with Crippen LogP contribution in [0.2, 0.25) is 0 Å². The number of carbonyl (C=O) groups is 2. The molecule has 2 amide bonds. The summed E-state index contributed by atoms with van der Waals surface area (Å²) < 4.78 is 0. The molecule has 0 unspecified atom stereocenters. The molecule has 1 aromatic heterocycles. The second-order valence-corrected chi connectivity index (χ2v) is 6.90. The number of aromatic nitrogens is 1. The molecule has 2 heterocycles. The standard InChI is InChI=1S/C21H25N3O2/c1-16-9-13-24(14-10-16)21(26)19-15-18(8-12-22-19)20(25)23-11-7-17-5-3-2-4-6-17/h2-6,8,12,15-16H,7,9-11,13-14H2,1H3,(H,23,25). The van der Waals surface area contributed by atoms with E-state index in [4.69, 9.17) is 0 Å². The molecule has 136 valence electrons. The number of pyridine rings is 1. The summed E-state index contributed by atoms with van der Waals surface area (Å²) in [5.41, 5.74) is 2.00. The van der Waals surface area contributed by atoms with E-state index in [1.807, 2.05) is 35.2 Å². The SMILES string of the molecule is CC1CCN(C(=O)c2cc(C(=O)NCCc3ccccc3)ccn2)CC1. The molecular weight excluding hydrogens is 326 g/mol. The van der Waals surface area contributed by atoms with Crippen molar-refractivity contribution >= 4 is 11.8 Å². The van der Waals surface area contributed by atoms with Crippen molar-refractivity contribution in [1.82, 2.24) is 15.2 Å². The molecule has 1 aliphatic heterocycles. The molecule has 0 spiro atoms. The molecule has 3 rings (SSSR count). The lowest BCUT2D eigenvalue weighted by atomic mass is 9.99. The Labute approximate surface area is 154 Å². The van der Waals surface area contributed by atoms with Gasteiger partial charge < -0.3 is 10.2 Å². The summed E-state index contributed by atoms with van der Waals surface area (Å²) in [6.45, 7) is 4.28. The Morgan fingerprint density at radius 1 is 1.15 bits per heavy atom. The number of rotatable bonds is 5. The predicted molar refractivity (Wildman–Crippen MR) is 101 cm³/mol. The van der Waals surface area contributed by atoms with E-state index in [0.29, 0.717) is 23.7 Å². The van der Waals surface area contributed by atoms with Crippen molar-refractivity contribution in [3.63, 3.8) is 0 Å². The van der Waals surface area contributed by atoms with Crippen molar-refractivity contribution in [1.29, 1.82) is 0 Å². The van der Waals surface area contributed by atoms with Crippen LogP contribution in [0.4, 0.5) is 0 Å². The summed E-state index contributed by atoms with van der Waals surface area (Å²) >= 11 is 0. The number of nitrogens with zero attached hydrogens (tertiary/aromatic N) is 2. The molecule has 5 nitrogen and oxygen atoms in total. The minimum absolute atomic E-state index is 0.0872. The quantitative estimate of drug-likeness (QED) is 0.901. The predicted octanol–water partition coefficient (Wildman–Crippen LogP) is 2.93. The molecule has 0 radical (unpaired) electrons. The third-order valence-electron chi connectivity index (χ3n) is 4.85. The van der Waals surface area contributed by atoms with Gasteiger partial charge in [0.2, 0.25) is 0 Å². The minimum atomic E-state index is -0.176. The molecule has 1 aliphatic rings. The van der Waals surface area contributed by atoms with Crippen LogP contribution in [0.25, 0.3) is 0 Å². The average molecular weight is 351 g/mol. The lowest BCUT2D eigenvalue weighted by Crippen LogP contribution is -2.38. The number of piperidine rings is 1. The Hall–Kier alpha value is -2.69. The molecule has 2 aromatic rings. The highest BCUT2D eigenvalue weighted by Gasteiger charge is 2.22. The normalized spacial score (nSPS) is 14.9. The van der Waals surface area contributed by atoms with Crippen molar-refractivity contribution < 1.29 is 9.59 Å². The molecule has 0 bridgehead atoms. The van der Waals surface area contributed by atoms with Gasteiger partial charge in [0.25, 0.3) is 11.8 Å². The van der Waals surface area contributed by atoms with Crippen LogP contribution in [0.15, 0.2) is 48.7 Å². The van der Waals surface area contributed by atoms with Crippen LogP contribution in [0.3, 0.4) is 0 Å². The minimum Gasteiger partial charge on any atom is -0.352 e. The topological polar surface area (TPSA) is 62.3 Å². The molecule has 1 fully saturated rings. The highest BCUT2D eigenvalue weighted by molar-refractivity contribution is 5.98. The molecule has 1 N–H and O–H groups in total. The van der Waals surface area contributed by atoms with E-state index < -0.39 is 0 Å². The first-order chi connectivity index (χ1) is 12.6. The molecule has 26 heavy (non-hydrogen) atoms. The molecule has 5 heteroatoms. The summed E-state index contributed by atoms with van der Waals surface area (Å²) in [6, 6.07) is 13.3. The number of nitrogens with one attached hydrogen (secondary N) is 1. The number of amides is 2. The Kier molecular flexibility index (Phi) is 6.00. The number of carbonyl (C=O) groups excluding carboxylic acids is 2. The number of hydrogen-bond acceptors (Lipinski definition) is 3. The number of likely N-dealkylation sites (tertiary alicyclic amines) is 1. The van der Waals surface area contributed by atoms with E-state index in [-0.39, 0.29) is 11.8 Å². The number of benzene rings is 1. The molecule has 0 atom stereocenters. The first kappa shape index (κ1) is 18.1. The molecular formula is C21H25N3O2. The third-order valence-corrected chi connectivity index (χ3v) is 4.85. The summed E-state index contributed by atoms with van der Waals surface area (Å²) in [7, 11) is 0. The summed E-state index contributed by atoms with van der Waals surface area (Å²) in [4.78, 5) is 31.0. The second kappa shape index (κ2) is 8.61. The maximum Gasteiger partial charge on any atom is 0.272 e. The van der Waals surface area contributed by atoms with Crippen LogP contribution in [-0.2, 0) is 6.42 Å². The van der Waals surface area contributed by atoms with Gasteiger partial charge in [-0.15, -0.1) is 0 Å². The van der Waals surface area contributed by atoms with Gasteiger partial charge in [-0.1, -0.05) is 37.3 Å². The van der Waals surface area contributed by atoms with Crippen molar-refractivity contribution in [3.8, 4) is 0 Å². The van der Waals surface area contributed by atoms with Gasteiger partial charge in [0.1, 0.15) is 5.69 Å². The smallest absolute Gasteiger partial charge is 0.272 e. The lowest BCUT2D eigenvalue weighted by molar-refractivity contribution is 0.0691. The van der Waals surface area contributed by atoms with Crippen LogP contribution in [0.5, 0.6) is 0 Å². The van der Waals surface area contributed by atoms with Gasteiger partial charge in [-0.25, -0.2) is 0 Å². The molecule has 0 saturated carbocycles. The molecule has 0 aliphatic carbocycles. The van der Waals surface area contributed by atoms with E-state index in [0.717, 1.165) is 32.4 Å². The van der Waals surface area contributed by atoms with Gasteiger partial charge in [-0.2, -0.15) is 0 Å². The number of hydrogen-bond donors (Lipinski definition) is 1. The van der Waals surface area contributed by atoms with Crippen LogP contribution >= 0.6 is 0 Å². The fourth-order valence-electron chi connectivity index (χ4n) is 3.13. The first-order valence-electron chi connectivity index (χ1n) is 9.21. The van der Waals surface area contributed by atoms with Crippen LogP contribution in [-0.4, -0.2) is 41.3 Å². The van der Waals surface area contributed by atoms with E-state index in [9.17, 15) is 9.59 Å². The fraction of sp³-hybridized carbons (Fsp3) is 0.381. The second-order valence-electron chi connectivity index (χ2n) is 6.90. The Bertz CT molecular complexity index is 753. The average Bonchev–Trinajstić information content (AvgIpc) is 2.69. The zero-order chi connectivity index (χ0) is 18.4. The fourth-order valence-corrected chi connectivity index (χ4v) is 3.13. The molecule has 1 aromatic carbocycles. The highest BCUT2D eigenvalue weighted by Crippen LogP contribution is 2.18. The first-order valence-corrected chi connectivity index (χ1v) is 9.21. The summed E-state index contributed by atoms with van der Waals surface area (Å²) in [5, 5.41) is 2.91. The molecule has 1 saturated heterocycles. The third kappa shape index (κ3) is 4.69. The van der Waals surface area contributed by atoms with Gasteiger partial charge in [0.15, 0.2) is 0 Å². The van der Waals surface area contributed by atoms with Gasteiger partial charge in [0, 0.05) is 31.4 Å². The van der Waals surface area contributed by atoms with Crippen molar-refractivity contribution in [2.45, 2.75) is 26.2 Å². The van der Waals surface area contributed by atoms with Gasteiger partial charge in [-0.05, 0) is 42.9 Å². The van der Waals surface area contributed by atoms with Crippen LogP contribution < -0.4 is 5.32 Å². The zero-order valence-electron chi connectivity index (χ0n) is 15.1. The maximum absolute atomic E-state index is 12.6. The lowest BCUT2D eigenvalue weighted by Gasteiger charge is -2.30. The maximum atomic E-state index is 12.6. The van der Waals surface area contributed by atoms with Crippen molar-refractivity contribution in [3.05, 3.63) is 65.5 Å². The van der Waals surface area contributed by atoms with E-state index in [2.05, 4.69) is 17.2 Å². The summed E-state index contributed by atoms with van der Waals surface area (Å²) in [5.74, 6) is 0.397. The Morgan fingerprint density at radius 3 is 2.62 bits per heavy atom. The van der Waals surface area contributed by atoms with E-state index in [1.54, 1.807) is 12.1 Å². The van der Waals surface area contributed by atoms with Crippen molar-refractivity contribution in [2.75, 3.05) is 19.6 Å². The monoisotopic (exact) mass is 351 g/mol. The van der Waals surface area contributed by atoms with E-state index >= 15 is 0 Å². The summed E-state index contributed by atoms with van der Waals surface area (Å²) in [6.07, 6.45) is 4.35. The highest BCUT2D eigenvalue weighted by atomic mass is 16.2. The largest absolute Gasteiger partial charge is 0.352 e. The Morgan fingerprint density at radius 2 is 1.88 bits per heavy atom. The van der Waals surface area contributed by atoms with E-state index in [1.165, 1.54) is 11.8 Å².